The third-order valence-electron chi connectivity index (χ3n) is 5.05. The lowest BCUT2D eigenvalue weighted by Gasteiger charge is -2.34. The van der Waals surface area contributed by atoms with E-state index in [0.717, 1.165) is 18.9 Å². The summed E-state index contributed by atoms with van der Waals surface area (Å²) in [7, 11) is 0. The van der Waals surface area contributed by atoms with Gasteiger partial charge >= 0.3 is 0 Å². The number of H-pyrrole nitrogens is 1. The van der Waals surface area contributed by atoms with Gasteiger partial charge in [0.25, 0.3) is 5.91 Å². The molecular formula is C20H25F2N3O2. The Morgan fingerprint density at radius 3 is 2.41 bits per heavy atom. The lowest BCUT2D eigenvalue weighted by Crippen LogP contribution is -2.40. The Kier molecular flexibility index (Phi) is 5.33. The molecule has 1 aliphatic rings. The van der Waals surface area contributed by atoms with Crippen molar-refractivity contribution >= 4 is 5.91 Å². The summed E-state index contributed by atoms with van der Waals surface area (Å²) in [6.45, 7) is 6.55. The van der Waals surface area contributed by atoms with Gasteiger partial charge < -0.3 is 10.0 Å². The lowest BCUT2D eigenvalue weighted by molar-refractivity contribution is 0.0356. The number of likely N-dealkylation sites (tertiary alicyclic amines) is 1. The van der Waals surface area contributed by atoms with Crippen LogP contribution in [0.25, 0.3) is 11.3 Å². The number of aromatic amines is 1. The summed E-state index contributed by atoms with van der Waals surface area (Å²) in [4.78, 5) is 14.6. The van der Waals surface area contributed by atoms with E-state index in [2.05, 4.69) is 10.2 Å². The molecule has 1 saturated heterocycles. The zero-order chi connectivity index (χ0) is 19.8. The average molecular weight is 377 g/mol. The number of aromatic nitrogens is 2. The Morgan fingerprint density at radius 2 is 1.85 bits per heavy atom. The number of amides is 1. The maximum absolute atomic E-state index is 13.5. The summed E-state index contributed by atoms with van der Waals surface area (Å²) < 4.78 is 27.0. The molecule has 2 N–H and O–H groups in total. The molecule has 0 aliphatic carbocycles. The molecule has 1 fully saturated rings. The third-order valence-corrected chi connectivity index (χ3v) is 5.05. The van der Waals surface area contributed by atoms with Crippen LogP contribution in [0.15, 0.2) is 18.2 Å². The number of carbonyl (C=O) groups is 1. The average Bonchev–Trinajstić information content (AvgIpc) is 2.94. The van der Waals surface area contributed by atoms with Crippen LogP contribution in [0.5, 0.6) is 0 Å². The minimum atomic E-state index is -0.702. The summed E-state index contributed by atoms with van der Waals surface area (Å²) in [6.07, 6.45) is 2.39. The summed E-state index contributed by atoms with van der Waals surface area (Å²) >= 11 is 0. The van der Waals surface area contributed by atoms with Gasteiger partial charge in [-0.05, 0) is 58.1 Å². The number of aliphatic hydroxyl groups is 1. The number of benzene rings is 1. The van der Waals surface area contributed by atoms with E-state index in [9.17, 15) is 18.7 Å². The Labute approximate surface area is 157 Å². The second-order valence-corrected chi connectivity index (χ2v) is 7.98. The smallest absolute Gasteiger partial charge is 0.272 e. The normalized spacial score (nSPS) is 16.0. The van der Waals surface area contributed by atoms with Crippen molar-refractivity contribution in [2.24, 2.45) is 5.92 Å². The molecule has 0 bridgehead atoms. The predicted molar refractivity (Wildman–Crippen MR) is 98.2 cm³/mol. The van der Waals surface area contributed by atoms with Crippen molar-refractivity contribution in [3.05, 3.63) is 41.1 Å². The zero-order valence-corrected chi connectivity index (χ0v) is 15.9. The summed E-state index contributed by atoms with van der Waals surface area (Å²) in [6, 6.07) is 3.20. The first-order valence-corrected chi connectivity index (χ1v) is 9.17. The molecule has 146 valence electrons. The third kappa shape index (κ3) is 4.53. The number of rotatable bonds is 4. The minimum absolute atomic E-state index is 0.162. The van der Waals surface area contributed by atoms with Gasteiger partial charge in [-0.2, -0.15) is 5.10 Å². The van der Waals surface area contributed by atoms with E-state index in [0.29, 0.717) is 47.9 Å². The Morgan fingerprint density at radius 1 is 1.26 bits per heavy atom. The summed E-state index contributed by atoms with van der Waals surface area (Å²) in [5.74, 6) is -1.14. The first-order chi connectivity index (χ1) is 12.6. The molecule has 0 unspecified atom stereocenters. The van der Waals surface area contributed by atoms with E-state index >= 15 is 0 Å². The van der Waals surface area contributed by atoms with Gasteiger partial charge in [0.15, 0.2) is 0 Å². The molecular weight excluding hydrogens is 352 g/mol. The molecule has 1 aromatic heterocycles. The van der Waals surface area contributed by atoms with Crippen LogP contribution in [0.2, 0.25) is 0 Å². The van der Waals surface area contributed by atoms with Crippen LogP contribution in [0.4, 0.5) is 8.78 Å². The molecule has 5 nitrogen and oxygen atoms in total. The molecule has 1 amide bonds. The molecule has 3 rings (SSSR count). The largest absolute Gasteiger partial charge is 0.390 e. The summed E-state index contributed by atoms with van der Waals surface area (Å²) in [5.41, 5.74) is 0.878. The molecule has 2 aromatic rings. The van der Waals surface area contributed by atoms with Crippen molar-refractivity contribution in [1.29, 1.82) is 0 Å². The van der Waals surface area contributed by atoms with Gasteiger partial charge in [-0.3, -0.25) is 9.89 Å². The van der Waals surface area contributed by atoms with Crippen molar-refractivity contribution in [1.82, 2.24) is 15.1 Å². The van der Waals surface area contributed by atoms with E-state index in [1.54, 1.807) is 25.7 Å². The molecule has 0 saturated carbocycles. The SMILES string of the molecule is Cc1c(-c2cc(F)cc(F)c2)n[nH]c1C(=O)N1CCC(CC(C)(C)O)CC1. The Hall–Kier alpha value is -2.28. The van der Waals surface area contributed by atoms with E-state index < -0.39 is 17.2 Å². The van der Waals surface area contributed by atoms with Gasteiger partial charge in [-0.1, -0.05) is 0 Å². The fourth-order valence-corrected chi connectivity index (χ4v) is 3.78. The summed E-state index contributed by atoms with van der Waals surface area (Å²) in [5, 5.41) is 16.8. The first kappa shape index (κ1) is 19.5. The predicted octanol–water partition coefficient (Wildman–Crippen LogP) is 3.68. The molecule has 0 radical (unpaired) electrons. The second-order valence-electron chi connectivity index (χ2n) is 7.98. The van der Waals surface area contributed by atoms with Crippen LogP contribution >= 0.6 is 0 Å². The van der Waals surface area contributed by atoms with Crippen molar-refractivity contribution in [2.75, 3.05) is 13.1 Å². The number of piperidine rings is 1. The van der Waals surface area contributed by atoms with Gasteiger partial charge in [0.05, 0.1) is 11.3 Å². The van der Waals surface area contributed by atoms with Crippen LogP contribution in [0, 0.1) is 24.5 Å². The highest BCUT2D eigenvalue weighted by molar-refractivity contribution is 5.95. The van der Waals surface area contributed by atoms with E-state index in [-0.39, 0.29) is 5.91 Å². The van der Waals surface area contributed by atoms with Crippen LogP contribution in [0.1, 0.15) is 49.2 Å². The minimum Gasteiger partial charge on any atom is -0.390 e. The van der Waals surface area contributed by atoms with Gasteiger partial charge in [0.2, 0.25) is 0 Å². The second kappa shape index (κ2) is 7.38. The van der Waals surface area contributed by atoms with E-state index in [1.165, 1.54) is 12.1 Å². The van der Waals surface area contributed by atoms with Gasteiger partial charge in [0.1, 0.15) is 17.3 Å². The van der Waals surface area contributed by atoms with Crippen molar-refractivity contribution in [3.63, 3.8) is 0 Å². The van der Waals surface area contributed by atoms with Crippen molar-refractivity contribution in [3.8, 4) is 11.3 Å². The maximum atomic E-state index is 13.5. The number of hydrogen-bond donors (Lipinski definition) is 2. The Bertz CT molecular complexity index is 814. The van der Waals surface area contributed by atoms with E-state index in [1.807, 2.05) is 0 Å². The van der Waals surface area contributed by atoms with Crippen LogP contribution in [0.3, 0.4) is 0 Å². The number of nitrogens with one attached hydrogen (secondary N) is 1. The molecule has 0 spiro atoms. The fraction of sp³-hybridized carbons (Fsp3) is 0.500. The number of hydrogen-bond acceptors (Lipinski definition) is 3. The maximum Gasteiger partial charge on any atom is 0.272 e. The van der Waals surface area contributed by atoms with Crippen LogP contribution in [-0.2, 0) is 0 Å². The molecule has 2 heterocycles. The number of carbonyl (C=O) groups excluding carboxylic acids is 1. The standard InChI is InChI=1S/C20H25F2N3O2/c1-12-17(14-8-15(21)10-16(22)9-14)23-24-18(12)19(26)25-6-4-13(5-7-25)11-20(2,3)27/h8-10,13,27H,4-7,11H2,1-3H3,(H,23,24). The van der Waals surface area contributed by atoms with Crippen LogP contribution in [-0.4, -0.2) is 44.8 Å². The van der Waals surface area contributed by atoms with E-state index in [4.69, 9.17) is 0 Å². The van der Waals surface area contributed by atoms with Gasteiger partial charge in [-0.15, -0.1) is 0 Å². The highest BCUT2D eigenvalue weighted by atomic mass is 19.1. The molecule has 0 atom stereocenters. The number of halogens is 2. The molecule has 1 aromatic carbocycles. The zero-order valence-electron chi connectivity index (χ0n) is 15.9. The highest BCUT2D eigenvalue weighted by Gasteiger charge is 2.29. The van der Waals surface area contributed by atoms with Gasteiger partial charge in [-0.25, -0.2) is 8.78 Å². The monoisotopic (exact) mass is 377 g/mol. The number of nitrogens with zero attached hydrogens (tertiary/aromatic N) is 2. The van der Waals surface area contributed by atoms with Crippen molar-refractivity contribution < 1.29 is 18.7 Å². The fourth-order valence-electron chi connectivity index (χ4n) is 3.78. The Balaban J connectivity index is 1.73. The topological polar surface area (TPSA) is 69.2 Å². The van der Waals surface area contributed by atoms with Crippen molar-refractivity contribution in [2.45, 2.75) is 45.6 Å². The molecule has 1 aliphatic heterocycles. The molecule has 7 heteroatoms. The first-order valence-electron chi connectivity index (χ1n) is 9.17. The van der Waals surface area contributed by atoms with Crippen LogP contribution < -0.4 is 0 Å². The highest BCUT2D eigenvalue weighted by Crippen LogP contribution is 2.29. The van der Waals surface area contributed by atoms with Gasteiger partial charge in [0, 0.05) is 30.3 Å². The molecule has 27 heavy (non-hydrogen) atoms. The lowest BCUT2D eigenvalue weighted by atomic mass is 9.86. The quantitative estimate of drug-likeness (QED) is 0.854.